The Kier molecular flexibility index (Phi) is 4.71. The molecule has 1 saturated heterocycles. The molecule has 1 fully saturated rings. The molecule has 18 heavy (non-hydrogen) atoms. The SMILES string of the molecule is CNC(CSC1COC1)c1c(C)cc(C)cc1C. The molecule has 0 amide bonds. The third-order valence-corrected chi connectivity index (χ3v) is 4.81. The van der Waals surface area contributed by atoms with Crippen molar-refractivity contribution < 1.29 is 4.74 Å². The third kappa shape index (κ3) is 3.08. The first kappa shape index (κ1) is 13.9. The topological polar surface area (TPSA) is 21.3 Å². The van der Waals surface area contributed by atoms with Crippen molar-refractivity contribution in [2.75, 3.05) is 26.0 Å². The maximum Gasteiger partial charge on any atom is 0.0607 e. The minimum Gasteiger partial charge on any atom is -0.379 e. The molecule has 1 N–H and O–H groups in total. The average molecular weight is 265 g/mol. The van der Waals surface area contributed by atoms with Crippen LogP contribution in [0, 0.1) is 20.8 Å². The van der Waals surface area contributed by atoms with Gasteiger partial charge >= 0.3 is 0 Å². The second-order valence-electron chi connectivity index (χ2n) is 5.15. The number of hydrogen-bond acceptors (Lipinski definition) is 3. The summed E-state index contributed by atoms with van der Waals surface area (Å²) in [5.41, 5.74) is 5.62. The van der Waals surface area contributed by atoms with Gasteiger partial charge in [-0.05, 0) is 44.5 Å². The normalized spacial score (nSPS) is 17.6. The van der Waals surface area contributed by atoms with E-state index in [9.17, 15) is 0 Å². The Morgan fingerprint density at radius 2 is 1.89 bits per heavy atom. The van der Waals surface area contributed by atoms with Crippen LogP contribution in [0.5, 0.6) is 0 Å². The van der Waals surface area contributed by atoms with Crippen molar-refractivity contribution in [1.29, 1.82) is 0 Å². The summed E-state index contributed by atoms with van der Waals surface area (Å²) < 4.78 is 5.23. The van der Waals surface area contributed by atoms with Gasteiger partial charge in [0, 0.05) is 11.8 Å². The molecule has 0 radical (unpaired) electrons. The molecule has 2 nitrogen and oxygen atoms in total. The van der Waals surface area contributed by atoms with Crippen LogP contribution in [0.15, 0.2) is 12.1 Å². The van der Waals surface area contributed by atoms with Gasteiger partial charge in [-0.2, -0.15) is 11.8 Å². The number of thioether (sulfide) groups is 1. The zero-order valence-electron chi connectivity index (χ0n) is 11.7. The van der Waals surface area contributed by atoms with Crippen molar-refractivity contribution in [2.24, 2.45) is 0 Å². The van der Waals surface area contributed by atoms with E-state index in [1.807, 2.05) is 11.8 Å². The van der Waals surface area contributed by atoms with Crippen LogP contribution in [0.25, 0.3) is 0 Å². The lowest BCUT2D eigenvalue weighted by atomic mass is 9.95. The standard InChI is InChI=1S/C15H23NOS/c1-10-5-11(2)15(12(3)6-10)14(16-4)9-18-13-7-17-8-13/h5-6,13-14,16H,7-9H2,1-4H3. The minimum atomic E-state index is 0.441. The molecule has 0 saturated carbocycles. The lowest BCUT2D eigenvalue weighted by molar-refractivity contribution is 0.0455. The van der Waals surface area contributed by atoms with E-state index in [2.05, 4.69) is 45.3 Å². The monoisotopic (exact) mass is 265 g/mol. The summed E-state index contributed by atoms with van der Waals surface area (Å²) in [6.07, 6.45) is 0. The quantitative estimate of drug-likeness (QED) is 0.884. The summed E-state index contributed by atoms with van der Waals surface area (Å²) in [5, 5.41) is 4.16. The molecule has 1 aromatic carbocycles. The van der Waals surface area contributed by atoms with Gasteiger partial charge in [0.1, 0.15) is 0 Å². The van der Waals surface area contributed by atoms with E-state index in [1.54, 1.807) is 0 Å². The van der Waals surface area contributed by atoms with E-state index < -0.39 is 0 Å². The van der Waals surface area contributed by atoms with Gasteiger partial charge in [0.25, 0.3) is 0 Å². The van der Waals surface area contributed by atoms with Gasteiger partial charge in [0.05, 0.1) is 18.5 Å². The van der Waals surface area contributed by atoms with Gasteiger partial charge in [-0.3, -0.25) is 0 Å². The molecule has 100 valence electrons. The van der Waals surface area contributed by atoms with E-state index >= 15 is 0 Å². The van der Waals surface area contributed by atoms with Crippen molar-refractivity contribution in [3.63, 3.8) is 0 Å². The number of hydrogen-bond donors (Lipinski definition) is 1. The first-order valence-electron chi connectivity index (χ1n) is 6.56. The summed E-state index contributed by atoms with van der Waals surface area (Å²) in [5.74, 6) is 1.12. The van der Waals surface area contributed by atoms with Crippen LogP contribution in [0.2, 0.25) is 0 Å². The summed E-state index contributed by atoms with van der Waals surface area (Å²) in [6, 6.07) is 5.00. The molecular formula is C15H23NOS. The number of benzene rings is 1. The fraction of sp³-hybridized carbons (Fsp3) is 0.600. The molecule has 1 unspecified atom stereocenters. The lowest BCUT2D eigenvalue weighted by Crippen LogP contribution is -2.32. The van der Waals surface area contributed by atoms with Crippen molar-refractivity contribution in [2.45, 2.75) is 32.1 Å². The highest BCUT2D eigenvalue weighted by atomic mass is 32.2. The van der Waals surface area contributed by atoms with Crippen molar-refractivity contribution in [3.05, 3.63) is 34.4 Å². The third-order valence-electron chi connectivity index (χ3n) is 3.54. The number of nitrogens with one attached hydrogen (secondary N) is 1. The largest absolute Gasteiger partial charge is 0.379 e. The van der Waals surface area contributed by atoms with E-state index in [1.165, 1.54) is 22.3 Å². The van der Waals surface area contributed by atoms with Gasteiger partial charge in [-0.1, -0.05) is 17.7 Å². The second kappa shape index (κ2) is 6.09. The molecule has 3 heteroatoms. The lowest BCUT2D eigenvalue weighted by Gasteiger charge is -2.28. The van der Waals surface area contributed by atoms with Gasteiger partial charge in [0.15, 0.2) is 0 Å². The molecule has 0 spiro atoms. The number of aryl methyl sites for hydroxylation is 3. The zero-order valence-corrected chi connectivity index (χ0v) is 12.6. The van der Waals surface area contributed by atoms with E-state index in [0.29, 0.717) is 11.3 Å². The zero-order chi connectivity index (χ0) is 13.1. The van der Waals surface area contributed by atoms with Gasteiger partial charge in [-0.25, -0.2) is 0 Å². The Morgan fingerprint density at radius 3 is 2.33 bits per heavy atom. The smallest absolute Gasteiger partial charge is 0.0607 e. The molecule has 0 bridgehead atoms. The summed E-state index contributed by atoms with van der Waals surface area (Å²) >= 11 is 2.02. The molecule has 1 aliphatic rings. The summed E-state index contributed by atoms with van der Waals surface area (Å²) in [7, 11) is 2.06. The molecule has 0 aliphatic carbocycles. The van der Waals surface area contributed by atoms with Crippen molar-refractivity contribution in [3.8, 4) is 0 Å². The highest BCUT2D eigenvalue weighted by Crippen LogP contribution is 2.29. The summed E-state index contributed by atoms with van der Waals surface area (Å²) in [4.78, 5) is 0. The fourth-order valence-corrected chi connectivity index (χ4v) is 3.78. The second-order valence-corrected chi connectivity index (χ2v) is 6.48. The first-order valence-corrected chi connectivity index (χ1v) is 7.61. The predicted molar refractivity (Wildman–Crippen MR) is 79.5 cm³/mol. The molecule has 2 rings (SSSR count). The molecule has 1 atom stereocenters. The highest BCUT2D eigenvalue weighted by Gasteiger charge is 2.22. The van der Waals surface area contributed by atoms with Crippen LogP contribution >= 0.6 is 11.8 Å². The van der Waals surface area contributed by atoms with E-state index in [-0.39, 0.29) is 0 Å². The van der Waals surface area contributed by atoms with Crippen LogP contribution in [0.3, 0.4) is 0 Å². The maximum absolute atomic E-state index is 5.23. The maximum atomic E-state index is 5.23. The Balaban J connectivity index is 2.10. The Labute approximate surface area is 114 Å². The molecular weight excluding hydrogens is 242 g/mol. The fourth-order valence-electron chi connectivity index (χ4n) is 2.59. The molecule has 1 aromatic rings. The van der Waals surface area contributed by atoms with Crippen molar-refractivity contribution in [1.82, 2.24) is 5.32 Å². The molecule has 1 aliphatic heterocycles. The minimum absolute atomic E-state index is 0.441. The van der Waals surface area contributed by atoms with Crippen LogP contribution in [-0.4, -0.2) is 31.3 Å². The summed E-state index contributed by atoms with van der Waals surface area (Å²) in [6.45, 7) is 8.45. The van der Waals surface area contributed by atoms with Crippen LogP contribution in [0.1, 0.15) is 28.3 Å². The van der Waals surface area contributed by atoms with Crippen LogP contribution < -0.4 is 5.32 Å². The first-order chi connectivity index (χ1) is 8.61. The predicted octanol–water partition coefficient (Wildman–Crippen LogP) is 3.00. The highest BCUT2D eigenvalue weighted by molar-refractivity contribution is 8.00. The van der Waals surface area contributed by atoms with Gasteiger partial charge in [0.2, 0.25) is 0 Å². The number of rotatable bonds is 5. The molecule has 1 heterocycles. The average Bonchev–Trinajstić information content (AvgIpc) is 2.23. The Hall–Kier alpha value is -0.510. The van der Waals surface area contributed by atoms with E-state index in [0.717, 1.165) is 19.0 Å². The van der Waals surface area contributed by atoms with Crippen LogP contribution in [0.4, 0.5) is 0 Å². The van der Waals surface area contributed by atoms with Crippen LogP contribution in [-0.2, 0) is 4.74 Å². The number of ether oxygens (including phenoxy) is 1. The van der Waals surface area contributed by atoms with Gasteiger partial charge < -0.3 is 10.1 Å². The van der Waals surface area contributed by atoms with Gasteiger partial charge in [-0.15, -0.1) is 0 Å². The Bertz CT molecular complexity index is 392. The van der Waals surface area contributed by atoms with E-state index in [4.69, 9.17) is 4.74 Å². The Morgan fingerprint density at radius 1 is 1.28 bits per heavy atom. The van der Waals surface area contributed by atoms with Crippen molar-refractivity contribution >= 4 is 11.8 Å². The molecule has 0 aromatic heterocycles.